The van der Waals surface area contributed by atoms with Gasteiger partial charge >= 0.3 is 39.5 Å². The van der Waals surface area contributed by atoms with E-state index in [2.05, 4.69) is 41.5 Å². The Hall–Kier alpha value is -1.94. The van der Waals surface area contributed by atoms with E-state index in [-0.39, 0.29) is 25.7 Å². The molecule has 91 heavy (non-hydrogen) atoms. The molecule has 0 bridgehead atoms. The number of unbranched alkanes of at least 4 members (excludes halogenated alkanes) is 41. The summed E-state index contributed by atoms with van der Waals surface area (Å²) in [4.78, 5) is 72.5. The molecule has 0 spiro atoms. The zero-order chi connectivity index (χ0) is 67.2. The Morgan fingerprint density at radius 3 is 0.747 bits per heavy atom. The van der Waals surface area contributed by atoms with Gasteiger partial charge in [-0.1, -0.05) is 318 Å². The lowest BCUT2D eigenvalue weighted by Gasteiger charge is -2.21. The zero-order valence-corrected chi connectivity index (χ0v) is 60.9. The largest absolute Gasteiger partial charge is 0.472 e. The lowest BCUT2D eigenvalue weighted by molar-refractivity contribution is -0.161. The summed E-state index contributed by atoms with van der Waals surface area (Å²) < 4.78 is 68.3. The average molecular weight is 1340 g/mol. The normalized spacial score (nSPS) is 14.1. The molecule has 0 saturated carbocycles. The van der Waals surface area contributed by atoms with Crippen LogP contribution in [0.4, 0.5) is 0 Å². The van der Waals surface area contributed by atoms with Crippen molar-refractivity contribution in [3.63, 3.8) is 0 Å². The van der Waals surface area contributed by atoms with E-state index >= 15 is 0 Å². The number of carbonyl (C=O) groups excluding carboxylic acids is 4. The molecule has 0 heterocycles. The van der Waals surface area contributed by atoms with Crippen molar-refractivity contribution < 1.29 is 80.2 Å². The van der Waals surface area contributed by atoms with Crippen LogP contribution in [-0.2, 0) is 65.4 Å². The number of hydrogen-bond acceptors (Lipinski definition) is 15. The number of esters is 4. The Kier molecular flexibility index (Phi) is 62.7. The van der Waals surface area contributed by atoms with Gasteiger partial charge in [0, 0.05) is 25.7 Å². The maximum atomic E-state index is 13.0. The van der Waals surface area contributed by atoms with E-state index in [1.165, 1.54) is 180 Å². The summed E-state index contributed by atoms with van der Waals surface area (Å²) in [5.74, 6) is -0.727. The molecule has 540 valence electrons. The zero-order valence-electron chi connectivity index (χ0n) is 59.1. The van der Waals surface area contributed by atoms with Crippen LogP contribution in [0.3, 0.4) is 0 Å². The lowest BCUT2D eigenvalue weighted by Crippen LogP contribution is -2.30. The molecule has 0 aliphatic carbocycles. The number of phosphoric ester groups is 2. The Labute approximate surface area is 556 Å². The molecule has 19 heteroatoms. The topological polar surface area (TPSA) is 237 Å². The average Bonchev–Trinajstić information content (AvgIpc) is 2.15. The molecule has 0 rings (SSSR count). The molecule has 0 aromatic carbocycles. The molecule has 17 nitrogen and oxygen atoms in total. The van der Waals surface area contributed by atoms with Crippen LogP contribution in [0.25, 0.3) is 0 Å². The van der Waals surface area contributed by atoms with Crippen LogP contribution in [0.15, 0.2) is 0 Å². The van der Waals surface area contributed by atoms with Gasteiger partial charge in [-0.2, -0.15) is 0 Å². The minimum atomic E-state index is -4.95. The SMILES string of the molecule is CCCCCCCCCCCCCCCCCCCCCC(=O)O[C@H](COC(=O)CCCCCCCCCCCCCC)COP(=O)(O)OC[C@@H](O)COP(=O)(O)OC[C@@H](COC(=O)CCCCCCCCC(C)C)OC(=O)CCCCCCCCCCC(C)C. The Morgan fingerprint density at radius 1 is 0.297 bits per heavy atom. The second kappa shape index (κ2) is 64.1. The van der Waals surface area contributed by atoms with E-state index in [0.29, 0.717) is 31.6 Å². The third-order valence-electron chi connectivity index (χ3n) is 16.7. The number of phosphoric acid groups is 2. The second-order valence-electron chi connectivity index (χ2n) is 26.9. The first-order chi connectivity index (χ1) is 43.9. The van der Waals surface area contributed by atoms with Crippen LogP contribution in [0.2, 0.25) is 0 Å². The van der Waals surface area contributed by atoms with Gasteiger partial charge in [-0.05, 0) is 37.5 Å². The summed E-state index contributed by atoms with van der Waals surface area (Å²) in [7, 11) is -9.90. The van der Waals surface area contributed by atoms with Gasteiger partial charge in [0.15, 0.2) is 12.2 Å². The van der Waals surface area contributed by atoms with Crippen LogP contribution in [0, 0.1) is 11.8 Å². The van der Waals surface area contributed by atoms with Crippen LogP contribution in [-0.4, -0.2) is 96.7 Å². The molecular formula is C72H140O17P2. The minimum Gasteiger partial charge on any atom is -0.462 e. The van der Waals surface area contributed by atoms with Gasteiger partial charge in [0.25, 0.3) is 0 Å². The van der Waals surface area contributed by atoms with Crippen molar-refractivity contribution >= 4 is 39.5 Å². The minimum absolute atomic E-state index is 0.104. The van der Waals surface area contributed by atoms with Crippen molar-refractivity contribution in [2.24, 2.45) is 11.8 Å². The van der Waals surface area contributed by atoms with Gasteiger partial charge in [-0.15, -0.1) is 0 Å². The monoisotopic (exact) mass is 1340 g/mol. The Balaban J connectivity index is 5.20. The van der Waals surface area contributed by atoms with Gasteiger partial charge in [-0.3, -0.25) is 37.3 Å². The van der Waals surface area contributed by atoms with Gasteiger partial charge in [0.1, 0.15) is 19.3 Å². The molecule has 0 radical (unpaired) electrons. The van der Waals surface area contributed by atoms with E-state index in [1.807, 2.05) is 0 Å². The highest BCUT2D eigenvalue weighted by Gasteiger charge is 2.30. The number of rotatable bonds is 71. The molecule has 0 saturated heterocycles. The number of ether oxygens (including phenoxy) is 4. The van der Waals surface area contributed by atoms with Crippen LogP contribution in [0.5, 0.6) is 0 Å². The van der Waals surface area contributed by atoms with Crippen LogP contribution in [0.1, 0.15) is 369 Å². The van der Waals surface area contributed by atoms with Gasteiger partial charge < -0.3 is 33.8 Å². The number of hydrogen-bond donors (Lipinski definition) is 3. The third kappa shape index (κ3) is 66.5. The van der Waals surface area contributed by atoms with Crippen LogP contribution < -0.4 is 0 Å². The summed E-state index contributed by atoms with van der Waals surface area (Å²) >= 11 is 0. The van der Waals surface area contributed by atoms with Gasteiger partial charge in [-0.25, -0.2) is 9.13 Å². The van der Waals surface area contributed by atoms with Crippen LogP contribution >= 0.6 is 15.6 Å². The van der Waals surface area contributed by atoms with Crippen molar-refractivity contribution in [2.45, 2.75) is 387 Å². The molecular weight excluding hydrogens is 1200 g/mol. The highest BCUT2D eigenvalue weighted by molar-refractivity contribution is 7.47. The summed E-state index contributed by atoms with van der Waals surface area (Å²) in [6.07, 6.45) is 50.2. The standard InChI is InChI=1S/C72H140O17P2/c1-7-9-11-13-15-17-19-21-22-23-24-25-26-27-29-31-36-44-50-56-71(76)88-67(60-82-69(74)54-48-42-35-30-28-20-18-16-14-12-10-8-2)62-86-90(78,79)84-58-66(73)59-85-91(80,81)87-63-68(61-83-70(75)55-49-43-39-38-41-47-53-65(5)6)89-72(77)57-51-45-37-33-32-34-40-46-52-64(3)4/h64-68,73H,7-63H2,1-6H3,(H,78,79)(H,80,81)/t66-,67-,68-/m1/s1. The van der Waals surface area contributed by atoms with Gasteiger partial charge in [0.05, 0.1) is 26.4 Å². The van der Waals surface area contributed by atoms with Crippen molar-refractivity contribution in [1.29, 1.82) is 0 Å². The first kappa shape index (κ1) is 89.1. The van der Waals surface area contributed by atoms with E-state index in [1.54, 1.807) is 0 Å². The molecule has 0 aliphatic rings. The molecule has 0 fully saturated rings. The molecule has 0 aromatic heterocycles. The highest BCUT2D eigenvalue weighted by Crippen LogP contribution is 2.45. The smallest absolute Gasteiger partial charge is 0.462 e. The summed E-state index contributed by atoms with van der Waals surface area (Å²) in [6.45, 7) is 9.44. The highest BCUT2D eigenvalue weighted by atomic mass is 31.2. The fourth-order valence-electron chi connectivity index (χ4n) is 10.9. The van der Waals surface area contributed by atoms with Crippen molar-refractivity contribution in [1.82, 2.24) is 0 Å². The molecule has 3 N–H and O–H groups in total. The maximum absolute atomic E-state index is 13.0. The number of carbonyl (C=O) groups is 4. The summed E-state index contributed by atoms with van der Waals surface area (Å²) in [5.41, 5.74) is 0. The lowest BCUT2D eigenvalue weighted by atomic mass is 10.0. The summed E-state index contributed by atoms with van der Waals surface area (Å²) in [6, 6.07) is 0. The molecule has 2 unspecified atom stereocenters. The predicted molar refractivity (Wildman–Crippen MR) is 368 cm³/mol. The molecule has 0 aromatic rings. The van der Waals surface area contributed by atoms with E-state index in [9.17, 15) is 43.2 Å². The fraction of sp³-hybridized carbons (Fsp3) is 0.944. The van der Waals surface area contributed by atoms with Crippen molar-refractivity contribution in [3.8, 4) is 0 Å². The first-order valence-corrected chi connectivity index (χ1v) is 40.5. The third-order valence-corrected chi connectivity index (χ3v) is 18.6. The van der Waals surface area contributed by atoms with Crippen molar-refractivity contribution in [3.05, 3.63) is 0 Å². The molecule has 0 aliphatic heterocycles. The quantitative estimate of drug-likeness (QED) is 0.0222. The number of aliphatic hydroxyl groups is 1. The van der Waals surface area contributed by atoms with Gasteiger partial charge in [0.2, 0.25) is 0 Å². The predicted octanol–water partition coefficient (Wildman–Crippen LogP) is 20.8. The fourth-order valence-corrected chi connectivity index (χ4v) is 12.5. The summed E-state index contributed by atoms with van der Waals surface area (Å²) in [5, 5.41) is 10.6. The Bertz CT molecular complexity index is 1770. The van der Waals surface area contributed by atoms with E-state index < -0.39 is 97.5 Å². The Morgan fingerprint density at radius 2 is 0.505 bits per heavy atom. The van der Waals surface area contributed by atoms with E-state index in [0.717, 1.165) is 102 Å². The number of aliphatic hydroxyl groups excluding tert-OH is 1. The second-order valence-corrected chi connectivity index (χ2v) is 29.8. The maximum Gasteiger partial charge on any atom is 0.472 e. The van der Waals surface area contributed by atoms with E-state index in [4.69, 9.17) is 37.0 Å². The molecule has 0 amide bonds. The first-order valence-electron chi connectivity index (χ1n) is 37.5. The van der Waals surface area contributed by atoms with Crippen molar-refractivity contribution in [2.75, 3.05) is 39.6 Å². The molecule has 5 atom stereocenters.